The van der Waals surface area contributed by atoms with E-state index in [9.17, 15) is 27.6 Å². The van der Waals surface area contributed by atoms with Crippen molar-refractivity contribution in [3.63, 3.8) is 0 Å². The Morgan fingerprint density at radius 1 is 0.973 bits per heavy atom. The molecular formula is C27H24F3N3O4. The van der Waals surface area contributed by atoms with Gasteiger partial charge in [-0.1, -0.05) is 24.3 Å². The molecule has 3 amide bonds. The second-order valence-corrected chi connectivity index (χ2v) is 8.82. The zero-order valence-corrected chi connectivity index (χ0v) is 19.8. The van der Waals surface area contributed by atoms with Crippen molar-refractivity contribution >= 4 is 29.3 Å². The van der Waals surface area contributed by atoms with Gasteiger partial charge in [-0.2, -0.15) is 13.2 Å². The largest absolute Gasteiger partial charge is 0.481 e. The number of hydrogen-bond acceptors (Lipinski definition) is 3. The quantitative estimate of drug-likeness (QED) is 0.350. The molecule has 192 valence electrons. The summed E-state index contributed by atoms with van der Waals surface area (Å²) < 4.78 is 38.6. The minimum Gasteiger partial charge on any atom is -0.481 e. The highest BCUT2D eigenvalue weighted by Gasteiger charge is 2.31. The van der Waals surface area contributed by atoms with Crippen LogP contribution in [0.4, 0.5) is 29.3 Å². The van der Waals surface area contributed by atoms with Gasteiger partial charge in [0.15, 0.2) is 0 Å². The van der Waals surface area contributed by atoms with Crippen LogP contribution in [0, 0.1) is 0 Å². The van der Waals surface area contributed by atoms with Gasteiger partial charge in [-0.25, -0.2) is 4.79 Å². The zero-order chi connectivity index (χ0) is 26.7. The number of amides is 3. The normalized spacial score (nSPS) is 13.7. The lowest BCUT2D eigenvalue weighted by atomic mass is 10.0. The molecule has 3 N–H and O–H groups in total. The van der Waals surface area contributed by atoms with Crippen LogP contribution in [0.2, 0.25) is 0 Å². The molecular weight excluding hydrogens is 487 g/mol. The van der Waals surface area contributed by atoms with E-state index in [1.54, 1.807) is 35.2 Å². The van der Waals surface area contributed by atoms with Gasteiger partial charge in [0.2, 0.25) is 0 Å². The molecule has 0 aliphatic carbocycles. The van der Waals surface area contributed by atoms with E-state index in [1.165, 1.54) is 12.1 Å². The van der Waals surface area contributed by atoms with Crippen LogP contribution in [-0.4, -0.2) is 34.0 Å². The predicted molar refractivity (Wildman–Crippen MR) is 132 cm³/mol. The van der Waals surface area contributed by atoms with Crippen LogP contribution >= 0.6 is 0 Å². The number of carboxylic acids is 1. The lowest BCUT2D eigenvalue weighted by molar-refractivity contribution is -0.138. The average Bonchev–Trinajstić information content (AvgIpc) is 3.18. The SMILES string of the molecule is CC(CCC(=O)O)N1Cc2cc(-c3ccc(NC(=O)Nc4cccc(C(F)(F)F)c4)cc3)ccc2C1=O. The fourth-order valence-electron chi connectivity index (χ4n) is 4.18. The van der Waals surface area contributed by atoms with Gasteiger partial charge in [-0.15, -0.1) is 0 Å². The summed E-state index contributed by atoms with van der Waals surface area (Å²) in [7, 11) is 0. The van der Waals surface area contributed by atoms with Crippen molar-refractivity contribution in [2.45, 2.75) is 38.5 Å². The first-order valence-corrected chi connectivity index (χ1v) is 11.5. The van der Waals surface area contributed by atoms with Gasteiger partial charge in [-0.05, 0) is 72.5 Å². The molecule has 0 aromatic heterocycles. The van der Waals surface area contributed by atoms with E-state index in [1.807, 2.05) is 19.1 Å². The molecule has 10 heteroatoms. The van der Waals surface area contributed by atoms with Crippen molar-refractivity contribution in [3.8, 4) is 11.1 Å². The van der Waals surface area contributed by atoms with E-state index < -0.39 is 23.7 Å². The summed E-state index contributed by atoms with van der Waals surface area (Å²) >= 11 is 0. The van der Waals surface area contributed by atoms with Crippen LogP contribution < -0.4 is 10.6 Å². The summed E-state index contributed by atoms with van der Waals surface area (Å²) in [5.74, 6) is -1.02. The Morgan fingerprint density at radius 3 is 2.32 bits per heavy atom. The topological polar surface area (TPSA) is 98.7 Å². The number of carboxylic acid groups (broad SMARTS) is 1. The van der Waals surface area contributed by atoms with Crippen molar-refractivity contribution in [1.29, 1.82) is 0 Å². The summed E-state index contributed by atoms with van der Waals surface area (Å²) in [6.07, 6.45) is -4.14. The molecule has 0 saturated carbocycles. The molecule has 0 bridgehead atoms. The molecule has 37 heavy (non-hydrogen) atoms. The first kappa shape index (κ1) is 25.7. The molecule has 1 heterocycles. The Hall–Kier alpha value is -4.34. The Morgan fingerprint density at radius 2 is 1.65 bits per heavy atom. The molecule has 0 fully saturated rings. The summed E-state index contributed by atoms with van der Waals surface area (Å²) in [4.78, 5) is 37.5. The number of carbonyl (C=O) groups excluding carboxylic acids is 2. The van der Waals surface area contributed by atoms with E-state index in [2.05, 4.69) is 10.6 Å². The molecule has 3 aromatic rings. The van der Waals surface area contributed by atoms with Crippen LogP contribution in [0.15, 0.2) is 66.7 Å². The molecule has 1 aliphatic heterocycles. The van der Waals surface area contributed by atoms with Crippen LogP contribution in [-0.2, 0) is 17.5 Å². The third-order valence-corrected chi connectivity index (χ3v) is 6.17. The number of fused-ring (bicyclic) bond motifs is 1. The Labute approximate surface area is 210 Å². The monoisotopic (exact) mass is 511 g/mol. The summed E-state index contributed by atoms with van der Waals surface area (Å²) in [6.45, 7) is 2.24. The fraction of sp³-hybridized carbons (Fsp3) is 0.222. The second kappa shape index (κ2) is 10.3. The second-order valence-electron chi connectivity index (χ2n) is 8.82. The standard InChI is InChI=1S/C27H24F3N3O4/c1-16(5-12-24(34)35)33-15-19-13-18(8-11-23(19)25(33)36)17-6-9-21(10-7-17)31-26(37)32-22-4-2-3-20(14-22)27(28,29)30/h2-4,6-11,13-14,16H,5,12,15H2,1H3,(H,34,35)(H2,31,32,37). The number of hydrogen-bond donors (Lipinski definition) is 3. The molecule has 1 atom stereocenters. The number of benzene rings is 3. The van der Waals surface area contributed by atoms with Gasteiger partial charge < -0.3 is 20.6 Å². The van der Waals surface area contributed by atoms with Gasteiger partial charge in [0.05, 0.1) is 5.56 Å². The highest BCUT2D eigenvalue weighted by Crippen LogP contribution is 2.32. The molecule has 3 aromatic carbocycles. The van der Waals surface area contributed by atoms with E-state index in [4.69, 9.17) is 5.11 Å². The molecule has 4 rings (SSSR count). The molecule has 0 saturated heterocycles. The van der Waals surface area contributed by atoms with Crippen molar-refractivity contribution in [2.24, 2.45) is 0 Å². The zero-order valence-electron chi connectivity index (χ0n) is 19.8. The van der Waals surface area contributed by atoms with E-state index in [0.29, 0.717) is 24.2 Å². The first-order chi connectivity index (χ1) is 17.5. The van der Waals surface area contributed by atoms with Crippen molar-refractivity contribution in [3.05, 3.63) is 83.4 Å². The van der Waals surface area contributed by atoms with Crippen molar-refractivity contribution < 1.29 is 32.7 Å². The van der Waals surface area contributed by atoms with Crippen LogP contribution in [0.5, 0.6) is 0 Å². The van der Waals surface area contributed by atoms with E-state index in [-0.39, 0.29) is 24.1 Å². The smallest absolute Gasteiger partial charge is 0.416 e. The molecule has 1 aliphatic rings. The highest BCUT2D eigenvalue weighted by molar-refractivity contribution is 6.00. The highest BCUT2D eigenvalue weighted by atomic mass is 19.4. The third-order valence-electron chi connectivity index (χ3n) is 6.17. The summed E-state index contributed by atoms with van der Waals surface area (Å²) in [6, 6.07) is 15.9. The number of anilines is 2. The number of nitrogens with zero attached hydrogens (tertiary/aromatic N) is 1. The maximum absolute atomic E-state index is 12.9. The van der Waals surface area contributed by atoms with E-state index >= 15 is 0 Å². The molecule has 0 spiro atoms. The number of urea groups is 1. The molecule has 7 nitrogen and oxygen atoms in total. The Balaban J connectivity index is 1.40. The first-order valence-electron chi connectivity index (χ1n) is 11.5. The van der Waals surface area contributed by atoms with Crippen LogP contribution in [0.3, 0.4) is 0 Å². The third kappa shape index (κ3) is 6.08. The van der Waals surface area contributed by atoms with Gasteiger partial charge >= 0.3 is 18.2 Å². The van der Waals surface area contributed by atoms with Gasteiger partial charge in [-0.3, -0.25) is 9.59 Å². The van der Waals surface area contributed by atoms with Crippen molar-refractivity contribution in [1.82, 2.24) is 4.90 Å². The number of carbonyl (C=O) groups is 3. The Kier molecular flexibility index (Phi) is 7.19. The number of rotatable bonds is 7. The van der Waals surface area contributed by atoms with Crippen molar-refractivity contribution in [2.75, 3.05) is 10.6 Å². The average molecular weight is 512 g/mol. The number of nitrogens with one attached hydrogen (secondary N) is 2. The van der Waals surface area contributed by atoms with Crippen LogP contribution in [0.25, 0.3) is 11.1 Å². The number of halogens is 3. The summed E-state index contributed by atoms with van der Waals surface area (Å²) in [5.41, 5.74) is 2.76. The lowest BCUT2D eigenvalue weighted by Gasteiger charge is -2.23. The van der Waals surface area contributed by atoms with E-state index in [0.717, 1.165) is 28.8 Å². The summed E-state index contributed by atoms with van der Waals surface area (Å²) in [5, 5.41) is 13.9. The van der Waals surface area contributed by atoms with Crippen LogP contribution in [0.1, 0.15) is 41.3 Å². The van der Waals surface area contributed by atoms with Gasteiger partial charge in [0, 0.05) is 35.9 Å². The minimum atomic E-state index is -4.51. The van der Waals surface area contributed by atoms with Gasteiger partial charge in [0.25, 0.3) is 5.91 Å². The number of aliphatic carboxylic acids is 1. The Bertz CT molecular complexity index is 1340. The molecule has 1 unspecified atom stereocenters. The maximum atomic E-state index is 12.9. The number of alkyl halides is 3. The minimum absolute atomic E-state index is 0.00904. The predicted octanol–water partition coefficient (Wildman–Crippen LogP) is 6.23. The molecule has 0 radical (unpaired) electrons. The van der Waals surface area contributed by atoms with Gasteiger partial charge in [0.1, 0.15) is 0 Å². The fourth-order valence-corrected chi connectivity index (χ4v) is 4.18. The lowest BCUT2D eigenvalue weighted by Crippen LogP contribution is -2.33. The maximum Gasteiger partial charge on any atom is 0.416 e.